The van der Waals surface area contributed by atoms with Crippen LogP contribution in [-0.4, -0.2) is 68.8 Å². The van der Waals surface area contributed by atoms with Gasteiger partial charge in [-0.15, -0.1) is 0 Å². The number of aliphatic hydroxyl groups excluding tert-OH is 4. The van der Waals surface area contributed by atoms with Crippen molar-refractivity contribution in [3.63, 3.8) is 0 Å². The first kappa shape index (κ1) is 21.1. The second-order valence-electron chi connectivity index (χ2n) is 5.75. The van der Waals surface area contributed by atoms with Crippen LogP contribution in [0.15, 0.2) is 30.0 Å². The molecule has 0 saturated carbocycles. The van der Waals surface area contributed by atoms with Gasteiger partial charge in [-0.3, -0.25) is 0 Å². The lowest BCUT2D eigenvalue weighted by molar-refractivity contribution is -0.291. The van der Waals surface area contributed by atoms with Crippen molar-refractivity contribution in [3.05, 3.63) is 41.2 Å². The zero-order valence-corrected chi connectivity index (χ0v) is 13.6. The molecule has 150 valence electrons. The summed E-state index contributed by atoms with van der Waals surface area (Å²) in [5.41, 5.74) is -1.15. The largest absolute Gasteiger partial charge is 0.475 e. The van der Waals surface area contributed by atoms with Crippen LogP contribution >= 0.6 is 0 Å². The molecule has 5 N–H and O–H groups in total. The lowest BCUT2D eigenvalue weighted by Crippen LogP contribution is -2.59. The van der Waals surface area contributed by atoms with Gasteiger partial charge in [-0.2, -0.15) is 13.2 Å². The van der Waals surface area contributed by atoms with Crippen molar-refractivity contribution in [2.45, 2.75) is 36.9 Å². The van der Waals surface area contributed by atoms with Gasteiger partial charge in [0.2, 0.25) is 12.0 Å². The van der Waals surface area contributed by atoms with E-state index in [9.17, 15) is 38.4 Å². The average molecular weight is 394 g/mol. The molecular formula is C16H17F3O8. The number of carboxylic acids is 1. The van der Waals surface area contributed by atoms with Crippen molar-refractivity contribution in [3.8, 4) is 0 Å². The molecule has 1 fully saturated rings. The lowest BCUT2D eigenvalue weighted by atomic mass is 9.99. The van der Waals surface area contributed by atoms with Gasteiger partial charge in [0.25, 0.3) is 0 Å². The van der Waals surface area contributed by atoms with Gasteiger partial charge in [-0.25, -0.2) is 4.79 Å². The second-order valence-corrected chi connectivity index (χ2v) is 5.75. The normalized spacial score (nSPS) is 29.4. The molecule has 0 bridgehead atoms. The molecule has 11 heteroatoms. The minimum absolute atomic E-state index is 0.146. The van der Waals surface area contributed by atoms with Crippen LogP contribution < -0.4 is 0 Å². The van der Waals surface area contributed by atoms with Crippen molar-refractivity contribution >= 4 is 12.0 Å². The molecule has 0 radical (unpaired) electrons. The zero-order valence-electron chi connectivity index (χ0n) is 13.6. The molecule has 1 saturated heterocycles. The number of benzene rings is 1. The lowest BCUT2D eigenvalue weighted by Gasteiger charge is -2.39. The summed E-state index contributed by atoms with van der Waals surface area (Å²) in [4.78, 5) is 11.3. The maximum atomic E-state index is 12.8. The standard InChI is InChI=1S/C16H17F3O8/c17-16(18,19)8-3-1-2-7(4-8)5-9(14(24)25)26-15-13(23)12(22)11(21)10(6-20)27-15/h1-5,10-13,15,20-23H,6H2,(H,24,25)/b9-5+/t10-,11-,12-,13+,15-/m0/s1. The fourth-order valence-electron chi connectivity index (χ4n) is 2.39. The molecule has 2 rings (SSSR count). The van der Waals surface area contributed by atoms with Crippen LogP contribution in [-0.2, 0) is 20.4 Å². The Bertz CT molecular complexity index is 703. The van der Waals surface area contributed by atoms with Gasteiger partial charge in [0.15, 0.2) is 0 Å². The average Bonchev–Trinajstić information content (AvgIpc) is 2.60. The molecule has 0 aromatic heterocycles. The van der Waals surface area contributed by atoms with E-state index in [1.807, 2.05) is 0 Å². The van der Waals surface area contributed by atoms with E-state index in [2.05, 4.69) is 0 Å². The molecule has 1 aliphatic heterocycles. The fraction of sp³-hybridized carbons (Fsp3) is 0.438. The zero-order chi connectivity index (χ0) is 20.4. The maximum absolute atomic E-state index is 12.8. The molecule has 0 amide bonds. The maximum Gasteiger partial charge on any atom is 0.416 e. The Morgan fingerprint density at radius 3 is 2.41 bits per heavy atom. The van der Waals surface area contributed by atoms with E-state index >= 15 is 0 Å². The van der Waals surface area contributed by atoms with Crippen molar-refractivity contribution in [2.24, 2.45) is 0 Å². The number of halogens is 3. The summed E-state index contributed by atoms with van der Waals surface area (Å²) in [5.74, 6) is -2.55. The SMILES string of the molecule is O=C(O)/C(=C\c1cccc(C(F)(F)F)c1)O[C@H]1O[C@@H](CO)[C@H](O)[C@H](O)[C@H]1O. The van der Waals surface area contributed by atoms with E-state index < -0.39 is 60.8 Å². The summed E-state index contributed by atoms with van der Waals surface area (Å²) in [6.07, 6.45) is -12.3. The molecule has 0 aliphatic carbocycles. The number of carboxylic acid groups (broad SMARTS) is 1. The van der Waals surface area contributed by atoms with E-state index in [0.29, 0.717) is 6.07 Å². The minimum atomic E-state index is -4.63. The number of hydrogen-bond acceptors (Lipinski definition) is 7. The van der Waals surface area contributed by atoms with Crippen molar-refractivity contribution in [1.29, 1.82) is 0 Å². The summed E-state index contributed by atoms with van der Waals surface area (Å²) >= 11 is 0. The summed E-state index contributed by atoms with van der Waals surface area (Å²) < 4.78 is 48.2. The number of carbonyl (C=O) groups is 1. The quantitative estimate of drug-likeness (QED) is 0.346. The first-order chi connectivity index (χ1) is 12.5. The highest BCUT2D eigenvalue weighted by Crippen LogP contribution is 2.30. The van der Waals surface area contributed by atoms with Crippen molar-refractivity contribution in [2.75, 3.05) is 6.61 Å². The van der Waals surface area contributed by atoms with Gasteiger partial charge in [-0.05, 0) is 23.8 Å². The van der Waals surface area contributed by atoms with Gasteiger partial charge in [0.1, 0.15) is 24.4 Å². The van der Waals surface area contributed by atoms with Crippen LogP contribution in [0.1, 0.15) is 11.1 Å². The summed E-state index contributed by atoms with van der Waals surface area (Å²) in [6.45, 7) is -0.759. The Kier molecular flexibility index (Phi) is 6.44. The molecular weight excluding hydrogens is 377 g/mol. The molecule has 1 aromatic carbocycles. The Morgan fingerprint density at radius 1 is 1.19 bits per heavy atom. The van der Waals surface area contributed by atoms with E-state index in [1.165, 1.54) is 6.07 Å². The number of ether oxygens (including phenoxy) is 2. The number of alkyl halides is 3. The molecule has 0 unspecified atom stereocenters. The van der Waals surface area contributed by atoms with Gasteiger partial charge in [0.05, 0.1) is 12.2 Å². The van der Waals surface area contributed by atoms with Crippen molar-refractivity contribution < 1.29 is 53.0 Å². The molecule has 5 atom stereocenters. The number of aliphatic carboxylic acids is 1. The highest BCUT2D eigenvalue weighted by atomic mass is 19.4. The monoisotopic (exact) mass is 394 g/mol. The molecule has 1 aliphatic rings. The highest BCUT2D eigenvalue weighted by Gasteiger charge is 2.45. The van der Waals surface area contributed by atoms with Crippen LogP contribution in [0.2, 0.25) is 0 Å². The van der Waals surface area contributed by atoms with Gasteiger partial charge < -0.3 is 35.0 Å². The van der Waals surface area contributed by atoms with Gasteiger partial charge >= 0.3 is 12.1 Å². The molecule has 0 spiro atoms. The van der Waals surface area contributed by atoms with Gasteiger partial charge in [-0.1, -0.05) is 12.1 Å². The second kappa shape index (κ2) is 8.23. The topological polar surface area (TPSA) is 137 Å². The number of aliphatic hydroxyl groups is 4. The number of hydrogen-bond donors (Lipinski definition) is 5. The van der Waals surface area contributed by atoms with E-state index in [0.717, 1.165) is 18.2 Å². The first-order valence-corrected chi connectivity index (χ1v) is 7.64. The van der Waals surface area contributed by atoms with Gasteiger partial charge in [0, 0.05) is 0 Å². The summed E-state index contributed by atoms with van der Waals surface area (Å²) in [6, 6.07) is 3.77. The predicted octanol–water partition coefficient (Wildman–Crippen LogP) is -0.0526. The molecule has 27 heavy (non-hydrogen) atoms. The third-order valence-corrected chi connectivity index (χ3v) is 3.81. The molecule has 1 heterocycles. The fourth-order valence-corrected chi connectivity index (χ4v) is 2.39. The van der Waals surface area contributed by atoms with Crippen LogP contribution in [0.4, 0.5) is 13.2 Å². The van der Waals surface area contributed by atoms with Crippen molar-refractivity contribution in [1.82, 2.24) is 0 Å². The number of rotatable bonds is 5. The molecule has 1 aromatic rings. The van der Waals surface area contributed by atoms with Crippen LogP contribution in [0.25, 0.3) is 6.08 Å². The summed E-state index contributed by atoms with van der Waals surface area (Å²) in [5, 5.41) is 47.5. The first-order valence-electron chi connectivity index (χ1n) is 7.64. The summed E-state index contributed by atoms with van der Waals surface area (Å²) in [7, 11) is 0. The highest BCUT2D eigenvalue weighted by molar-refractivity contribution is 5.89. The predicted molar refractivity (Wildman–Crippen MR) is 81.9 cm³/mol. The Hall–Kier alpha value is -2.18. The van der Waals surface area contributed by atoms with E-state index in [1.54, 1.807) is 0 Å². The Labute approximate surface area is 150 Å². The van der Waals surface area contributed by atoms with Crippen LogP contribution in [0.5, 0.6) is 0 Å². The van der Waals surface area contributed by atoms with Crippen LogP contribution in [0, 0.1) is 0 Å². The Morgan fingerprint density at radius 2 is 1.85 bits per heavy atom. The third kappa shape index (κ3) is 4.96. The smallest absolute Gasteiger partial charge is 0.416 e. The van der Waals surface area contributed by atoms with E-state index in [-0.39, 0.29) is 5.56 Å². The van der Waals surface area contributed by atoms with Crippen LogP contribution in [0.3, 0.4) is 0 Å². The third-order valence-electron chi connectivity index (χ3n) is 3.81. The minimum Gasteiger partial charge on any atom is -0.475 e. The molecule has 8 nitrogen and oxygen atoms in total. The van der Waals surface area contributed by atoms with E-state index in [4.69, 9.17) is 14.6 Å². The Balaban J connectivity index is 2.28.